The summed E-state index contributed by atoms with van der Waals surface area (Å²) in [6, 6.07) is 7.16. The topological polar surface area (TPSA) is 57.6 Å². The minimum atomic E-state index is -1.01. The molecule has 0 saturated carbocycles. The molecule has 1 aromatic carbocycles. The van der Waals surface area contributed by atoms with E-state index in [1.54, 1.807) is 48.0 Å². The van der Waals surface area contributed by atoms with Crippen LogP contribution in [0.15, 0.2) is 30.3 Å². The number of thioether (sulfide) groups is 1. The molecule has 0 aliphatic rings. The Morgan fingerprint density at radius 1 is 1.43 bits per heavy atom. The Hall–Kier alpha value is -1.75. The van der Waals surface area contributed by atoms with E-state index in [2.05, 4.69) is 0 Å². The third-order valence-corrected chi connectivity index (χ3v) is 3.92. The van der Waals surface area contributed by atoms with Crippen molar-refractivity contribution in [2.75, 3.05) is 19.1 Å². The Balaban J connectivity index is 2.82. The Morgan fingerprint density at radius 3 is 2.76 bits per heavy atom. The molecule has 114 valence electrons. The number of rotatable bonds is 7. The zero-order chi connectivity index (χ0) is 15.8. The van der Waals surface area contributed by atoms with Crippen LogP contribution in [0.4, 0.5) is 0 Å². The smallest absolute Gasteiger partial charge is 0.328 e. The standard InChI is InChI=1S/C16H21NO3S/c1-12(9-10-21-3)17(2)16(20)14-6-4-5-13(11-14)7-8-15(18)19/h4-8,11-12H,9-10H2,1-3H3,(H,18,19)/b8-7+. The lowest BCUT2D eigenvalue weighted by Gasteiger charge is -2.25. The van der Waals surface area contributed by atoms with Crippen molar-refractivity contribution in [3.05, 3.63) is 41.5 Å². The van der Waals surface area contributed by atoms with Crippen LogP contribution in [0.25, 0.3) is 6.08 Å². The normalized spacial score (nSPS) is 12.3. The molecule has 0 saturated heterocycles. The molecule has 1 rings (SSSR count). The van der Waals surface area contributed by atoms with Gasteiger partial charge >= 0.3 is 5.97 Å². The van der Waals surface area contributed by atoms with Gasteiger partial charge in [-0.3, -0.25) is 4.79 Å². The van der Waals surface area contributed by atoms with Crippen LogP contribution in [0.2, 0.25) is 0 Å². The van der Waals surface area contributed by atoms with Gasteiger partial charge < -0.3 is 10.0 Å². The average Bonchev–Trinajstić information content (AvgIpc) is 2.49. The molecule has 1 unspecified atom stereocenters. The molecule has 1 amide bonds. The Bertz CT molecular complexity index is 528. The van der Waals surface area contributed by atoms with Crippen molar-refractivity contribution in [3.8, 4) is 0 Å². The van der Waals surface area contributed by atoms with E-state index in [-0.39, 0.29) is 11.9 Å². The van der Waals surface area contributed by atoms with Crippen LogP contribution < -0.4 is 0 Å². The third kappa shape index (κ3) is 5.63. The number of carbonyl (C=O) groups excluding carboxylic acids is 1. The van der Waals surface area contributed by atoms with Crippen LogP contribution in [0.3, 0.4) is 0 Å². The summed E-state index contributed by atoms with van der Waals surface area (Å²) in [6.45, 7) is 2.03. The highest BCUT2D eigenvalue weighted by Crippen LogP contribution is 2.13. The Morgan fingerprint density at radius 2 is 2.14 bits per heavy atom. The Kier molecular flexibility index (Phi) is 7.02. The summed E-state index contributed by atoms with van der Waals surface area (Å²) in [5.74, 6) is -0.0381. The number of carboxylic acids is 1. The largest absolute Gasteiger partial charge is 0.478 e. The first-order valence-corrected chi connectivity index (χ1v) is 8.12. The molecule has 5 heteroatoms. The predicted molar refractivity (Wildman–Crippen MR) is 87.7 cm³/mol. The van der Waals surface area contributed by atoms with Crippen LogP contribution >= 0.6 is 11.8 Å². The molecular weight excluding hydrogens is 286 g/mol. The molecule has 1 aromatic rings. The summed E-state index contributed by atoms with van der Waals surface area (Å²) in [5.41, 5.74) is 1.27. The second kappa shape index (κ2) is 8.52. The second-order valence-electron chi connectivity index (χ2n) is 4.84. The van der Waals surface area contributed by atoms with Gasteiger partial charge in [-0.1, -0.05) is 12.1 Å². The van der Waals surface area contributed by atoms with Gasteiger partial charge in [-0.15, -0.1) is 0 Å². The lowest BCUT2D eigenvalue weighted by Crippen LogP contribution is -2.35. The van der Waals surface area contributed by atoms with Crippen molar-refractivity contribution in [2.45, 2.75) is 19.4 Å². The second-order valence-corrected chi connectivity index (χ2v) is 5.83. The molecule has 4 nitrogen and oxygen atoms in total. The van der Waals surface area contributed by atoms with Crippen LogP contribution in [0.5, 0.6) is 0 Å². The molecular formula is C16H21NO3S. The molecule has 0 aromatic heterocycles. The summed E-state index contributed by atoms with van der Waals surface area (Å²) in [4.78, 5) is 24.7. The first-order chi connectivity index (χ1) is 9.95. The van der Waals surface area contributed by atoms with Crippen LogP contribution in [0.1, 0.15) is 29.3 Å². The fourth-order valence-electron chi connectivity index (χ4n) is 1.83. The molecule has 0 spiro atoms. The Labute approximate surface area is 129 Å². The number of nitrogens with zero attached hydrogens (tertiary/aromatic N) is 1. The molecule has 0 aliphatic carbocycles. The summed E-state index contributed by atoms with van der Waals surface area (Å²) < 4.78 is 0. The van der Waals surface area contributed by atoms with Gasteiger partial charge in [0, 0.05) is 24.7 Å². The minimum absolute atomic E-state index is 0.0471. The summed E-state index contributed by atoms with van der Waals surface area (Å²) in [5, 5.41) is 8.63. The fourth-order valence-corrected chi connectivity index (χ4v) is 2.41. The van der Waals surface area contributed by atoms with E-state index in [1.807, 2.05) is 13.2 Å². The van der Waals surface area contributed by atoms with Crippen LogP contribution in [0, 0.1) is 0 Å². The lowest BCUT2D eigenvalue weighted by atomic mass is 10.1. The third-order valence-electron chi connectivity index (χ3n) is 3.27. The van der Waals surface area contributed by atoms with Gasteiger partial charge in [0.25, 0.3) is 5.91 Å². The van der Waals surface area contributed by atoms with Crippen molar-refractivity contribution >= 4 is 29.7 Å². The summed E-state index contributed by atoms with van der Waals surface area (Å²) >= 11 is 1.76. The first kappa shape index (κ1) is 17.3. The van der Waals surface area contributed by atoms with Gasteiger partial charge in [-0.05, 0) is 49.1 Å². The average molecular weight is 307 g/mol. The number of benzene rings is 1. The monoisotopic (exact) mass is 307 g/mol. The molecule has 0 fully saturated rings. The molecule has 1 atom stereocenters. The maximum Gasteiger partial charge on any atom is 0.328 e. The minimum Gasteiger partial charge on any atom is -0.478 e. The number of amides is 1. The zero-order valence-electron chi connectivity index (χ0n) is 12.6. The van der Waals surface area contributed by atoms with Gasteiger partial charge in [0.05, 0.1) is 0 Å². The molecule has 0 radical (unpaired) electrons. The molecule has 21 heavy (non-hydrogen) atoms. The van der Waals surface area contributed by atoms with Gasteiger partial charge in [0.2, 0.25) is 0 Å². The molecule has 1 N–H and O–H groups in total. The van der Waals surface area contributed by atoms with E-state index in [0.717, 1.165) is 18.2 Å². The van der Waals surface area contributed by atoms with Gasteiger partial charge in [0.15, 0.2) is 0 Å². The van der Waals surface area contributed by atoms with E-state index >= 15 is 0 Å². The van der Waals surface area contributed by atoms with Gasteiger partial charge in [0.1, 0.15) is 0 Å². The molecule has 0 aliphatic heterocycles. The number of aliphatic carboxylic acids is 1. The van der Waals surface area contributed by atoms with Crippen LogP contribution in [-0.2, 0) is 4.79 Å². The van der Waals surface area contributed by atoms with E-state index in [0.29, 0.717) is 11.1 Å². The van der Waals surface area contributed by atoms with E-state index in [9.17, 15) is 9.59 Å². The number of carbonyl (C=O) groups is 2. The van der Waals surface area contributed by atoms with Gasteiger partial charge in [-0.25, -0.2) is 4.79 Å². The predicted octanol–water partition coefficient (Wildman–Crippen LogP) is 3.00. The first-order valence-electron chi connectivity index (χ1n) is 6.73. The highest BCUT2D eigenvalue weighted by molar-refractivity contribution is 7.98. The molecule has 0 heterocycles. The highest BCUT2D eigenvalue weighted by Gasteiger charge is 2.17. The quantitative estimate of drug-likeness (QED) is 0.787. The number of hydrogen-bond acceptors (Lipinski definition) is 3. The van der Waals surface area contributed by atoms with Crippen molar-refractivity contribution < 1.29 is 14.7 Å². The lowest BCUT2D eigenvalue weighted by molar-refractivity contribution is -0.131. The van der Waals surface area contributed by atoms with Gasteiger partial charge in [-0.2, -0.15) is 11.8 Å². The zero-order valence-corrected chi connectivity index (χ0v) is 13.4. The summed E-state index contributed by atoms with van der Waals surface area (Å²) in [7, 11) is 1.80. The van der Waals surface area contributed by atoms with E-state index in [1.165, 1.54) is 6.08 Å². The molecule has 0 bridgehead atoms. The summed E-state index contributed by atoms with van der Waals surface area (Å²) in [6.07, 6.45) is 5.54. The number of hydrogen-bond donors (Lipinski definition) is 1. The van der Waals surface area contributed by atoms with Crippen molar-refractivity contribution in [2.24, 2.45) is 0 Å². The van der Waals surface area contributed by atoms with Crippen molar-refractivity contribution in [3.63, 3.8) is 0 Å². The van der Waals surface area contributed by atoms with Crippen molar-refractivity contribution in [1.29, 1.82) is 0 Å². The maximum atomic E-state index is 12.4. The maximum absolute atomic E-state index is 12.4. The number of carboxylic acid groups (broad SMARTS) is 1. The SMILES string of the molecule is CSCCC(C)N(C)C(=O)c1cccc(/C=C/C(=O)O)c1. The highest BCUT2D eigenvalue weighted by atomic mass is 32.2. The van der Waals surface area contributed by atoms with E-state index < -0.39 is 5.97 Å². The fraction of sp³-hybridized carbons (Fsp3) is 0.375. The van der Waals surface area contributed by atoms with Crippen LogP contribution in [-0.4, -0.2) is 47.0 Å². The van der Waals surface area contributed by atoms with Crippen molar-refractivity contribution in [1.82, 2.24) is 4.90 Å². The van der Waals surface area contributed by atoms with E-state index in [4.69, 9.17) is 5.11 Å².